The van der Waals surface area contributed by atoms with Crippen molar-refractivity contribution in [1.82, 2.24) is 25.2 Å². The molecule has 0 radical (unpaired) electrons. The maximum absolute atomic E-state index is 13.1. The van der Waals surface area contributed by atoms with Gasteiger partial charge in [-0.15, -0.1) is 11.3 Å². The van der Waals surface area contributed by atoms with Crippen molar-refractivity contribution in [1.29, 1.82) is 5.26 Å². The Bertz CT molecular complexity index is 1430. The molecule has 0 saturated carbocycles. The summed E-state index contributed by atoms with van der Waals surface area (Å²) in [4.78, 5) is 30.0. The van der Waals surface area contributed by atoms with E-state index in [0.717, 1.165) is 43.2 Å². The van der Waals surface area contributed by atoms with E-state index in [1.807, 2.05) is 31.3 Å². The molecule has 3 N–H and O–H groups in total. The number of hydrogen-bond donors (Lipinski definition) is 2. The Labute approximate surface area is 259 Å². The van der Waals surface area contributed by atoms with Crippen molar-refractivity contribution in [3.05, 3.63) is 52.8 Å². The molecule has 1 saturated heterocycles. The summed E-state index contributed by atoms with van der Waals surface area (Å²) in [6.45, 7) is 16.4. The minimum absolute atomic E-state index is 0.0570. The number of ether oxygens (including phenoxy) is 1. The van der Waals surface area contributed by atoms with E-state index in [9.17, 15) is 10.1 Å². The van der Waals surface area contributed by atoms with Crippen LogP contribution in [0.3, 0.4) is 0 Å². The SMILES string of the molecule is C[C@@H](CO[Si](C)(C)C(C)(C)C)Oc1nc(C(=O)NCC2CCN(Cc3cnc(-c4ccccn4)s3)CC2)cc(N)c1C#N. The molecular formula is C31H43N7O3SSi. The maximum atomic E-state index is 13.1. The molecular weight excluding hydrogens is 579 g/mol. The van der Waals surface area contributed by atoms with Gasteiger partial charge < -0.3 is 20.2 Å². The Morgan fingerprint density at radius 3 is 2.67 bits per heavy atom. The number of thiazole rings is 1. The molecule has 0 aliphatic carbocycles. The molecule has 230 valence electrons. The van der Waals surface area contributed by atoms with Gasteiger partial charge in [0.1, 0.15) is 28.4 Å². The largest absolute Gasteiger partial charge is 0.471 e. The molecule has 43 heavy (non-hydrogen) atoms. The number of anilines is 1. The first-order valence-electron chi connectivity index (χ1n) is 14.7. The lowest BCUT2D eigenvalue weighted by Gasteiger charge is -2.36. The van der Waals surface area contributed by atoms with Gasteiger partial charge in [-0.25, -0.2) is 9.97 Å². The van der Waals surface area contributed by atoms with Gasteiger partial charge in [-0.05, 0) is 75.1 Å². The third kappa shape index (κ3) is 8.60. The molecule has 3 aromatic heterocycles. The predicted molar refractivity (Wildman–Crippen MR) is 172 cm³/mol. The number of nitrogen functional groups attached to an aromatic ring is 1. The molecule has 0 bridgehead atoms. The van der Waals surface area contributed by atoms with Gasteiger partial charge in [0.15, 0.2) is 8.32 Å². The highest BCUT2D eigenvalue weighted by molar-refractivity contribution is 7.15. The van der Waals surface area contributed by atoms with Gasteiger partial charge in [-0.1, -0.05) is 26.8 Å². The fourth-order valence-electron chi connectivity index (χ4n) is 4.51. The first-order chi connectivity index (χ1) is 20.4. The second kappa shape index (κ2) is 13.9. The summed E-state index contributed by atoms with van der Waals surface area (Å²) in [5.74, 6) is 0.0895. The van der Waals surface area contributed by atoms with Crippen molar-refractivity contribution in [2.75, 3.05) is 32.0 Å². The molecule has 0 aromatic carbocycles. The molecule has 1 amide bonds. The van der Waals surface area contributed by atoms with Crippen molar-refractivity contribution in [3.63, 3.8) is 0 Å². The lowest BCUT2D eigenvalue weighted by molar-refractivity contribution is 0.0926. The van der Waals surface area contributed by atoms with Crippen LogP contribution in [0.1, 0.15) is 61.5 Å². The van der Waals surface area contributed by atoms with E-state index in [-0.39, 0.29) is 39.9 Å². The van der Waals surface area contributed by atoms with Gasteiger partial charge in [0.2, 0.25) is 5.88 Å². The summed E-state index contributed by atoms with van der Waals surface area (Å²) in [5.41, 5.74) is 7.46. The number of carbonyl (C=O) groups excluding carboxylic acids is 1. The fraction of sp³-hybridized carbons (Fsp3) is 0.516. The lowest BCUT2D eigenvalue weighted by Crippen LogP contribution is -2.43. The molecule has 1 aliphatic rings. The van der Waals surface area contributed by atoms with E-state index in [0.29, 0.717) is 19.1 Å². The van der Waals surface area contributed by atoms with Crippen molar-refractivity contribution >= 4 is 31.2 Å². The molecule has 3 aromatic rings. The van der Waals surface area contributed by atoms with Crippen molar-refractivity contribution < 1.29 is 14.0 Å². The number of nitrogens with zero attached hydrogens (tertiary/aromatic N) is 5. The first-order valence-corrected chi connectivity index (χ1v) is 18.5. The van der Waals surface area contributed by atoms with Crippen LogP contribution in [0.25, 0.3) is 10.7 Å². The number of nitrogens with one attached hydrogen (secondary N) is 1. The molecule has 1 fully saturated rings. The van der Waals surface area contributed by atoms with Gasteiger partial charge in [0, 0.05) is 30.4 Å². The highest BCUT2D eigenvalue weighted by Gasteiger charge is 2.37. The van der Waals surface area contributed by atoms with Crippen LogP contribution in [0.4, 0.5) is 5.69 Å². The molecule has 4 heterocycles. The third-order valence-electron chi connectivity index (χ3n) is 8.23. The van der Waals surface area contributed by atoms with E-state index in [1.54, 1.807) is 17.5 Å². The summed E-state index contributed by atoms with van der Waals surface area (Å²) in [6, 6.07) is 9.35. The number of aromatic nitrogens is 3. The molecule has 12 heteroatoms. The number of nitriles is 1. The normalized spacial score (nSPS) is 15.6. The van der Waals surface area contributed by atoms with Crippen LogP contribution in [0.15, 0.2) is 36.7 Å². The molecule has 4 rings (SSSR count). The van der Waals surface area contributed by atoms with Crippen LogP contribution in [-0.4, -0.2) is 66.4 Å². The Hall–Kier alpha value is -3.37. The molecule has 0 spiro atoms. The van der Waals surface area contributed by atoms with Crippen molar-refractivity contribution in [3.8, 4) is 22.7 Å². The summed E-state index contributed by atoms with van der Waals surface area (Å²) in [5, 5.41) is 13.7. The fourth-order valence-corrected chi connectivity index (χ4v) is 6.52. The number of amides is 1. The van der Waals surface area contributed by atoms with Crippen molar-refractivity contribution in [2.45, 2.75) is 71.3 Å². The van der Waals surface area contributed by atoms with Gasteiger partial charge in [0.25, 0.3) is 5.91 Å². The minimum Gasteiger partial charge on any atom is -0.471 e. The van der Waals surface area contributed by atoms with E-state index >= 15 is 0 Å². The number of carbonyl (C=O) groups is 1. The van der Waals surface area contributed by atoms with Crippen LogP contribution in [0, 0.1) is 17.2 Å². The molecule has 1 atom stereocenters. The predicted octanol–water partition coefficient (Wildman–Crippen LogP) is 5.49. The highest BCUT2D eigenvalue weighted by atomic mass is 32.1. The highest BCUT2D eigenvalue weighted by Crippen LogP contribution is 2.36. The summed E-state index contributed by atoms with van der Waals surface area (Å²) >= 11 is 1.68. The van der Waals surface area contributed by atoms with Gasteiger partial charge in [-0.2, -0.15) is 5.26 Å². The van der Waals surface area contributed by atoms with Crippen LogP contribution in [-0.2, 0) is 11.0 Å². The van der Waals surface area contributed by atoms with E-state index in [2.05, 4.69) is 65.1 Å². The molecule has 0 unspecified atom stereocenters. The average molecular weight is 622 g/mol. The van der Waals surface area contributed by atoms with Gasteiger partial charge >= 0.3 is 0 Å². The first kappa shape index (κ1) is 32.5. The zero-order valence-corrected chi connectivity index (χ0v) is 27.8. The smallest absolute Gasteiger partial charge is 0.270 e. The lowest BCUT2D eigenvalue weighted by atomic mass is 9.96. The van der Waals surface area contributed by atoms with E-state index in [4.69, 9.17) is 14.9 Å². The van der Waals surface area contributed by atoms with Gasteiger partial charge in [0.05, 0.1) is 18.0 Å². The number of piperidine rings is 1. The molecule has 1 aliphatic heterocycles. The third-order valence-corrected chi connectivity index (χ3v) is 13.7. The van der Waals surface area contributed by atoms with Crippen LogP contribution in [0.5, 0.6) is 5.88 Å². The minimum atomic E-state index is -1.97. The van der Waals surface area contributed by atoms with Gasteiger partial charge in [-0.3, -0.25) is 14.7 Å². The standard InChI is InChI=1S/C31H43N7O3SSi/c1-21(20-40-43(5,6)31(2,3)4)41-29-24(16-32)25(33)15-27(37-29)28(39)35-17-22-10-13-38(14-11-22)19-23-18-36-30(42-23)26-9-7-8-12-34-26/h7-9,12,15,18,21-22H,10-11,13-14,17,19-20H2,1-6H3,(H2,33,37)(H,35,39)/t21-/m0/s1. The zero-order chi connectivity index (χ0) is 31.2. The second-order valence-corrected chi connectivity index (χ2v) is 18.6. The Balaban J connectivity index is 1.28. The Morgan fingerprint density at radius 2 is 2.02 bits per heavy atom. The zero-order valence-electron chi connectivity index (χ0n) is 26.0. The Kier molecular flexibility index (Phi) is 10.6. The number of rotatable bonds is 11. The summed E-state index contributed by atoms with van der Waals surface area (Å²) < 4.78 is 12.2. The quantitative estimate of drug-likeness (QED) is 0.266. The van der Waals surface area contributed by atoms with E-state index < -0.39 is 8.32 Å². The van der Waals surface area contributed by atoms with Crippen molar-refractivity contribution in [2.24, 2.45) is 5.92 Å². The average Bonchev–Trinajstić information content (AvgIpc) is 3.44. The van der Waals surface area contributed by atoms with Crippen LogP contribution in [0.2, 0.25) is 18.1 Å². The van der Waals surface area contributed by atoms with Crippen LogP contribution < -0.4 is 15.8 Å². The number of nitrogens with two attached hydrogens (primary N) is 1. The number of pyridine rings is 2. The van der Waals surface area contributed by atoms with E-state index in [1.165, 1.54) is 10.9 Å². The summed E-state index contributed by atoms with van der Waals surface area (Å²) in [7, 11) is -1.97. The summed E-state index contributed by atoms with van der Waals surface area (Å²) in [6.07, 6.45) is 5.32. The maximum Gasteiger partial charge on any atom is 0.270 e. The molecule has 10 nitrogen and oxygen atoms in total. The topological polar surface area (TPSA) is 139 Å². The Morgan fingerprint density at radius 1 is 1.28 bits per heavy atom. The monoisotopic (exact) mass is 621 g/mol. The number of likely N-dealkylation sites (tertiary alicyclic amines) is 1. The second-order valence-electron chi connectivity index (χ2n) is 12.7. The van der Waals surface area contributed by atoms with Crippen LogP contribution >= 0.6 is 11.3 Å². The number of hydrogen-bond acceptors (Lipinski definition) is 10.